The third kappa shape index (κ3) is 7.31. The number of aryl methyl sites for hydroxylation is 1. The number of para-hydroxylation sites is 2. The Hall–Kier alpha value is -7.68. The molecule has 2 heteroatoms. The molecule has 0 aliphatic heterocycles. The van der Waals surface area contributed by atoms with Gasteiger partial charge in [-0.3, -0.25) is 0 Å². The molecule has 298 valence electrons. The Kier molecular flexibility index (Phi) is 10.4. The van der Waals surface area contributed by atoms with Crippen molar-refractivity contribution in [3.05, 3.63) is 240 Å². The van der Waals surface area contributed by atoms with Crippen LogP contribution in [0.5, 0.6) is 5.75 Å². The topological polar surface area (TPSA) is 23.5 Å². The lowest BCUT2D eigenvalue weighted by molar-refractivity contribution is 0.477. The van der Waals surface area contributed by atoms with E-state index in [1.54, 1.807) is 6.07 Å². The predicted octanol–water partition coefficient (Wildman–Crippen LogP) is 14.5. The first-order valence-electron chi connectivity index (χ1n) is 21.5. The van der Waals surface area contributed by atoms with Gasteiger partial charge in [-0.2, -0.15) is 0 Å². The van der Waals surface area contributed by atoms with Gasteiger partial charge in [-0.25, -0.2) is 0 Å². The van der Waals surface area contributed by atoms with Crippen LogP contribution in [-0.4, -0.2) is 5.11 Å². The van der Waals surface area contributed by atoms with Gasteiger partial charge < -0.3 is 10.0 Å². The van der Waals surface area contributed by atoms with Crippen LogP contribution in [0.25, 0.3) is 67.8 Å². The molecule has 9 aromatic rings. The predicted molar refractivity (Wildman–Crippen MR) is 261 cm³/mol. The first kappa shape index (κ1) is 38.5. The second-order valence-corrected chi connectivity index (χ2v) is 16.3. The normalized spacial score (nSPS) is 14.3. The van der Waals surface area contributed by atoms with E-state index in [1.165, 1.54) is 32.7 Å². The van der Waals surface area contributed by atoms with Gasteiger partial charge in [0.15, 0.2) is 0 Å². The van der Waals surface area contributed by atoms with Gasteiger partial charge in [0.1, 0.15) is 5.75 Å². The quantitative estimate of drug-likeness (QED) is 0.157. The van der Waals surface area contributed by atoms with Gasteiger partial charge in [0, 0.05) is 28.3 Å². The summed E-state index contributed by atoms with van der Waals surface area (Å²) in [6.45, 7) is 4.44. The van der Waals surface area contributed by atoms with Gasteiger partial charge in [-0.1, -0.05) is 207 Å². The van der Waals surface area contributed by atoms with Crippen molar-refractivity contribution in [3.63, 3.8) is 0 Å². The molecule has 2 nitrogen and oxygen atoms in total. The summed E-state index contributed by atoms with van der Waals surface area (Å²) < 4.78 is 0. The molecule has 0 saturated heterocycles. The van der Waals surface area contributed by atoms with E-state index in [9.17, 15) is 5.11 Å². The molecule has 1 aliphatic carbocycles. The summed E-state index contributed by atoms with van der Waals surface area (Å²) in [4.78, 5) is 2.41. The average molecular weight is 798 g/mol. The fourth-order valence-electron chi connectivity index (χ4n) is 9.34. The lowest BCUT2D eigenvalue weighted by atomic mass is 9.79. The molecule has 0 bridgehead atoms. The molecule has 10 rings (SSSR count). The Labute approximate surface area is 364 Å². The van der Waals surface area contributed by atoms with Crippen molar-refractivity contribution in [1.82, 2.24) is 0 Å². The largest absolute Gasteiger partial charge is 0.507 e. The Balaban J connectivity index is 1.15. The molecule has 62 heavy (non-hydrogen) atoms. The first-order valence-corrected chi connectivity index (χ1v) is 21.5. The summed E-state index contributed by atoms with van der Waals surface area (Å²) in [6, 6.07) is 77.6. The minimum absolute atomic E-state index is 0.200. The van der Waals surface area contributed by atoms with Crippen molar-refractivity contribution >= 4 is 29.2 Å². The lowest BCUT2D eigenvalue weighted by Gasteiger charge is -2.31. The summed E-state index contributed by atoms with van der Waals surface area (Å²) in [5.74, 6) is 0.771. The second kappa shape index (κ2) is 16.8. The maximum atomic E-state index is 11.6. The fraction of sp³-hybridized carbons (Fsp3) is 0.0667. The number of fused-ring (bicyclic) bond motifs is 1. The molecular weight excluding hydrogens is 751 g/mol. The van der Waals surface area contributed by atoms with Crippen molar-refractivity contribution in [2.45, 2.75) is 19.8 Å². The number of phenolic OH excluding ortho intramolecular Hbond substituents is 1. The zero-order valence-electron chi connectivity index (χ0n) is 35.0. The molecule has 0 radical (unpaired) electrons. The first-order chi connectivity index (χ1) is 30.5. The molecule has 2 unspecified atom stereocenters. The standard InChI is InChI=1S/C60H47NO/c1-41-17-6-9-22-50(41)60-55(27-16-30-59(60)62)54-26-13-15-29-58(54)61(49-37-35-46(36-38-49)45-33-31-44(32-34-45)43-18-4-3-5-19-43)57-28-14-12-25-53(57)51-23-10-11-24-52(51)56-40-48-21-8-7-20-47(48)39-42(56)2/h3-40,42,56,62H,1-2H3. The molecule has 0 fully saturated rings. The lowest BCUT2D eigenvalue weighted by Crippen LogP contribution is -2.31. The number of hydrogen-bond acceptors (Lipinski definition) is 2. The molecule has 0 spiro atoms. The molecule has 9 aromatic carbocycles. The number of aromatic hydroxyl groups is 1. The van der Waals surface area contributed by atoms with Crippen molar-refractivity contribution in [3.8, 4) is 61.4 Å². The van der Waals surface area contributed by atoms with E-state index in [0.29, 0.717) is 5.92 Å². The highest BCUT2D eigenvalue weighted by atomic mass is 16.3. The monoisotopic (exact) mass is 797 g/mol. The van der Waals surface area contributed by atoms with Crippen LogP contribution in [0.15, 0.2) is 218 Å². The minimum Gasteiger partial charge on any atom is -0.507 e. The molecule has 2 atom stereocenters. The van der Waals surface area contributed by atoms with Gasteiger partial charge in [0.2, 0.25) is 0 Å². The van der Waals surface area contributed by atoms with Crippen LogP contribution < -0.4 is 15.3 Å². The van der Waals surface area contributed by atoms with Gasteiger partial charge >= 0.3 is 0 Å². The van der Waals surface area contributed by atoms with Gasteiger partial charge in [-0.15, -0.1) is 0 Å². The maximum Gasteiger partial charge on any atom is 0.124 e. The molecule has 0 amide bonds. The molecule has 0 aromatic heterocycles. The Morgan fingerprint density at radius 1 is 0.387 bits per heavy atom. The van der Waals surface area contributed by atoms with Crippen molar-refractivity contribution in [2.75, 3.05) is 4.90 Å². The van der Waals surface area contributed by atoms with E-state index in [2.05, 4.69) is 225 Å². The molecule has 0 heterocycles. The highest BCUT2D eigenvalue weighted by Crippen LogP contribution is 2.49. The molecule has 1 aliphatic rings. The van der Waals surface area contributed by atoms with Crippen LogP contribution in [0.2, 0.25) is 0 Å². The van der Waals surface area contributed by atoms with Crippen LogP contribution in [0, 0.1) is 12.8 Å². The molecule has 0 saturated carbocycles. The smallest absolute Gasteiger partial charge is 0.124 e. The molecular formula is C60H47NO. The fourth-order valence-corrected chi connectivity index (χ4v) is 9.34. The van der Waals surface area contributed by atoms with E-state index in [4.69, 9.17) is 0 Å². The number of nitrogens with zero attached hydrogens (tertiary/aromatic N) is 1. The van der Waals surface area contributed by atoms with Crippen LogP contribution in [0.3, 0.4) is 0 Å². The van der Waals surface area contributed by atoms with Crippen LogP contribution in [-0.2, 0) is 0 Å². The number of phenols is 1. The van der Waals surface area contributed by atoms with Crippen molar-refractivity contribution in [2.24, 2.45) is 5.92 Å². The zero-order chi connectivity index (χ0) is 42.0. The van der Waals surface area contributed by atoms with Crippen molar-refractivity contribution < 1.29 is 5.11 Å². The summed E-state index contributed by atoms with van der Waals surface area (Å²) in [7, 11) is 0. The second-order valence-electron chi connectivity index (χ2n) is 16.3. The van der Waals surface area contributed by atoms with Gasteiger partial charge in [-0.05, 0) is 104 Å². The number of rotatable bonds is 9. The third-order valence-electron chi connectivity index (χ3n) is 12.5. The highest BCUT2D eigenvalue weighted by Gasteiger charge is 2.26. The van der Waals surface area contributed by atoms with Crippen LogP contribution in [0.4, 0.5) is 17.1 Å². The van der Waals surface area contributed by atoms with E-state index < -0.39 is 0 Å². The number of hydrogen-bond donors (Lipinski definition) is 1. The number of benzene rings is 9. The van der Waals surface area contributed by atoms with Gasteiger partial charge in [0.05, 0.1) is 11.4 Å². The summed E-state index contributed by atoms with van der Waals surface area (Å²) in [5.41, 5.74) is 16.4. The Morgan fingerprint density at radius 3 is 1.50 bits per heavy atom. The maximum absolute atomic E-state index is 11.6. The molecule has 1 N–H and O–H groups in total. The van der Waals surface area contributed by atoms with E-state index in [1.807, 2.05) is 18.2 Å². The van der Waals surface area contributed by atoms with Gasteiger partial charge in [0.25, 0.3) is 0 Å². The Bertz CT molecular complexity index is 3170. The SMILES string of the molecule is Cc1ccccc1-c1c(O)cccc1-c1ccccc1N(c1ccc(-c2ccc(-c3ccccc3)cc2)cc1)c1ccccc1-c1ccccc1C1C=c2ccccc2=CC1C. The van der Waals surface area contributed by atoms with E-state index in [-0.39, 0.29) is 11.7 Å². The zero-order valence-corrected chi connectivity index (χ0v) is 35.0. The van der Waals surface area contributed by atoms with E-state index in [0.717, 1.165) is 61.6 Å². The Morgan fingerprint density at radius 2 is 0.855 bits per heavy atom. The summed E-state index contributed by atoms with van der Waals surface area (Å²) in [6.07, 6.45) is 4.87. The average Bonchev–Trinajstić information content (AvgIpc) is 3.33. The highest BCUT2D eigenvalue weighted by molar-refractivity contribution is 5.98. The van der Waals surface area contributed by atoms with Crippen LogP contribution in [0.1, 0.15) is 24.0 Å². The van der Waals surface area contributed by atoms with Crippen LogP contribution >= 0.6 is 0 Å². The summed E-state index contributed by atoms with van der Waals surface area (Å²) in [5, 5.41) is 14.2. The third-order valence-corrected chi connectivity index (χ3v) is 12.5. The van der Waals surface area contributed by atoms with E-state index >= 15 is 0 Å². The minimum atomic E-state index is 0.200. The summed E-state index contributed by atoms with van der Waals surface area (Å²) >= 11 is 0. The number of anilines is 3. The van der Waals surface area contributed by atoms with Crippen molar-refractivity contribution in [1.29, 1.82) is 0 Å².